The largest absolute Gasteiger partial charge is 0.396 e. The van der Waals surface area contributed by atoms with E-state index in [2.05, 4.69) is 4.90 Å². The van der Waals surface area contributed by atoms with Crippen molar-refractivity contribution in [3.05, 3.63) is 0 Å². The summed E-state index contributed by atoms with van der Waals surface area (Å²) in [6, 6.07) is 0. The molecule has 0 aromatic rings. The Hall–Kier alpha value is -0.130. The molecule has 1 atom stereocenters. The lowest BCUT2D eigenvalue weighted by Gasteiger charge is -2.16. The van der Waals surface area contributed by atoms with Crippen molar-refractivity contribution in [2.75, 3.05) is 32.0 Å². The standard InChI is InChI=1S/C11H23NO3S/c1-10(2)16(14,15)8-6-12-5-3-11(9-12)4-7-13/h10-11,13H,3-9H2,1-2H3. The third-order valence-electron chi connectivity index (χ3n) is 3.32. The van der Waals surface area contributed by atoms with Gasteiger partial charge in [0.25, 0.3) is 0 Å². The first-order chi connectivity index (χ1) is 7.45. The molecule has 0 radical (unpaired) electrons. The number of hydrogen-bond acceptors (Lipinski definition) is 4. The molecule has 1 unspecified atom stereocenters. The lowest BCUT2D eigenvalue weighted by atomic mass is 10.1. The van der Waals surface area contributed by atoms with Crippen molar-refractivity contribution in [1.82, 2.24) is 4.90 Å². The van der Waals surface area contributed by atoms with E-state index in [9.17, 15) is 8.42 Å². The van der Waals surface area contributed by atoms with E-state index in [4.69, 9.17) is 5.11 Å². The molecule has 96 valence electrons. The zero-order chi connectivity index (χ0) is 12.2. The van der Waals surface area contributed by atoms with Crippen LogP contribution in [-0.2, 0) is 9.84 Å². The Morgan fingerprint density at radius 1 is 1.44 bits per heavy atom. The second-order valence-electron chi connectivity index (χ2n) is 4.88. The fourth-order valence-corrected chi connectivity index (χ4v) is 3.01. The van der Waals surface area contributed by atoms with Crippen molar-refractivity contribution in [2.45, 2.75) is 31.9 Å². The number of rotatable bonds is 6. The Kier molecular flexibility index (Phi) is 5.21. The van der Waals surface area contributed by atoms with Crippen molar-refractivity contribution in [1.29, 1.82) is 0 Å². The Bertz CT molecular complexity index is 300. The number of sulfone groups is 1. The van der Waals surface area contributed by atoms with Crippen LogP contribution in [0.3, 0.4) is 0 Å². The van der Waals surface area contributed by atoms with Crippen molar-refractivity contribution >= 4 is 9.84 Å². The van der Waals surface area contributed by atoms with Crippen LogP contribution >= 0.6 is 0 Å². The summed E-state index contributed by atoms with van der Waals surface area (Å²) in [5.74, 6) is 0.808. The van der Waals surface area contributed by atoms with Crippen LogP contribution in [0.5, 0.6) is 0 Å². The van der Waals surface area contributed by atoms with E-state index in [0.717, 1.165) is 25.9 Å². The lowest BCUT2D eigenvalue weighted by molar-refractivity contribution is 0.253. The summed E-state index contributed by atoms with van der Waals surface area (Å²) in [4.78, 5) is 2.19. The van der Waals surface area contributed by atoms with Gasteiger partial charge in [0.2, 0.25) is 0 Å². The maximum absolute atomic E-state index is 11.6. The van der Waals surface area contributed by atoms with Gasteiger partial charge in [-0.25, -0.2) is 8.42 Å². The fourth-order valence-electron chi connectivity index (χ4n) is 2.03. The van der Waals surface area contributed by atoms with Crippen LogP contribution in [0.4, 0.5) is 0 Å². The molecule has 1 N–H and O–H groups in total. The molecule has 16 heavy (non-hydrogen) atoms. The molecule has 1 fully saturated rings. The van der Waals surface area contributed by atoms with Gasteiger partial charge in [0.15, 0.2) is 9.84 Å². The van der Waals surface area contributed by atoms with Gasteiger partial charge in [-0.3, -0.25) is 0 Å². The Labute approximate surface area is 98.6 Å². The van der Waals surface area contributed by atoms with E-state index >= 15 is 0 Å². The number of hydrogen-bond donors (Lipinski definition) is 1. The minimum absolute atomic E-state index is 0.239. The molecule has 0 bridgehead atoms. The zero-order valence-corrected chi connectivity index (χ0v) is 11.0. The van der Waals surface area contributed by atoms with Crippen molar-refractivity contribution in [2.24, 2.45) is 5.92 Å². The van der Waals surface area contributed by atoms with E-state index in [1.165, 1.54) is 0 Å². The highest BCUT2D eigenvalue weighted by atomic mass is 32.2. The molecule has 0 spiro atoms. The molecule has 1 saturated heterocycles. The van der Waals surface area contributed by atoms with Crippen LogP contribution in [0.2, 0.25) is 0 Å². The highest BCUT2D eigenvalue weighted by molar-refractivity contribution is 7.92. The molecule has 0 amide bonds. The highest BCUT2D eigenvalue weighted by Crippen LogP contribution is 2.19. The predicted octanol–water partition coefficient (Wildman–Crippen LogP) is 0.514. The average Bonchev–Trinajstić information content (AvgIpc) is 2.63. The highest BCUT2D eigenvalue weighted by Gasteiger charge is 2.24. The smallest absolute Gasteiger partial charge is 0.153 e. The van der Waals surface area contributed by atoms with Gasteiger partial charge in [0.05, 0.1) is 11.0 Å². The van der Waals surface area contributed by atoms with Gasteiger partial charge in [-0.05, 0) is 39.2 Å². The van der Waals surface area contributed by atoms with Crippen LogP contribution in [0.15, 0.2) is 0 Å². The summed E-state index contributed by atoms with van der Waals surface area (Å²) < 4.78 is 23.3. The van der Waals surface area contributed by atoms with Crippen molar-refractivity contribution in [3.8, 4) is 0 Å². The van der Waals surface area contributed by atoms with Crippen LogP contribution in [0.25, 0.3) is 0 Å². The molecule has 1 aliphatic heterocycles. The van der Waals surface area contributed by atoms with Crippen molar-refractivity contribution in [3.63, 3.8) is 0 Å². The zero-order valence-electron chi connectivity index (χ0n) is 10.2. The quantitative estimate of drug-likeness (QED) is 0.745. The predicted molar refractivity (Wildman–Crippen MR) is 65.2 cm³/mol. The molecule has 0 saturated carbocycles. The second-order valence-corrected chi connectivity index (χ2v) is 7.56. The summed E-state index contributed by atoms with van der Waals surface area (Å²) in [6.07, 6.45) is 1.93. The number of likely N-dealkylation sites (tertiary alicyclic amines) is 1. The third kappa shape index (κ3) is 4.03. The van der Waals surface area contributed by atoms with E-state index in [1.807, 2.05) is 0 Å². The molecule has 1 rings (SSSR count). The summed E-state index contributed by atoms with van der Waals surface area (Å²) >= 11 is 0. The first kappa shape index (κ1) is 13.9. The van der Waals surface area contributed by atoms with Gasteiger partial charge < -0.3 is 10.0 Å². The Balaban J connectivity index is 2.30. The molecule has 4 nitrogen and oxygen atoms in total. The topological polar surface area (TPSA) is 57.6 Å². The van der Waals surface area contributed by atoms with E-state index in [1.54, 1.807) is 13.8 Å². The van der Waals surface area contributed by atoms with Crippen molar-refractivity contribution < 1.29 is 13.5 Å². The molecule has 1 aliphatic rings. The number of aliphatic hydroxyl groups excluding tert-OH is 1. The number of nitrogens with zero attached hydrogens (tertiary/aromatic N) is 1. The molecule has 0 aromatic heterocycles. The first-order valence-electron chi connectivity index (χ1n) is 6.00. The Morgan fingerprint density at radius 3 is 2.69 bits per heavy atom. The van der Waals surface area contributed by atoms with Gasteiger partial charge in [-0.15, -0.1) is 0 Å². The summed E-state index contributed by atoms with van der Waals surface area (Å²) in [5, 5.41) is 8.56. The van der Waals surface area contributed by atoms with E-state index in [0.29, 0.717) is 12.5 Å². The van der Waals surface area contributed by atoms with Crippen LogP contribution in [0.1, 0.15) is 26.7 Å². The maximum Gasteiger partial charge on any atom is 0.153 e. The van der Waals surface area contributed by atoms with Crippen LogP contribution in [-0.4, -0.2) is 55.7 Å². The van der Waals surface area contributed by atoms with Gasteiger partial charge in [-0.2, -0.15) is 0 Å². The van der Waals surface area contributed by atoms with Gasteiger partial charge in [-0.1, -0.05) is 0 Å². The van der Waals surface area contributed by atoms with E-state index in [-0.39, 0.29) is 17.6 Å². The lowest BCUT2D eigenvalue weighted by Crippen LogP contribution is -2.30. The SMILES string of the molecule is CC(C)S(=O)(=O)CCN1CCC(CCO)C1. The van der Waals surface area contributed by atoms with E-state index < -0.39 is 9.84 Å². The van der Waals surface area contributed by atoms with Crippen LogP contribution in [0, 0.1) is 5.92 Å². The molecular formula is C11H23NO3S. The number of aliphatic hydroxyl groups is 1. The minimum atomic E-state index is -2.91. The second kappa shape index (κ2) is 5.98. The molecule has 5 heteroatoms. The molecule has 0 aromatic carbocycles. The molecule has 0 aliphatic carbocycles. The summed E-state index contributed by atoms with van der Waals surface area (Å²) in [7, 11) is -2.91. The average molecular weight is 249 g/mol. The Morgan fingerprint density at radius 2 is 2.12 bits per heavy atom. The van der Waals surface area contributed by atoms with Gasteiger partial charge in [0, 0.05) is 19.7 Å². The molecule has 1 heterocycles. The summed E-state index contributed by atoms with van der Waals surface area (Å²) in [5.41, 5.74) is 0. The third-order valence-corrected chi connectivity index (χ3v) is 5.51. The molecular weight excluding hydrogens is 226 g/mol. The van der Waals surface area contributed by atoms with Gasteiger partial charge in [0.1, 0.15) is 0 Å². The van der Waals surface area contributed by atoms with Crippen LogP contribution < -0.4 is 0 Å². The monoisotopic (exact) mass is 249 g/mol. The maximum atomic E-state index is 11.6. The normalized spacial score (nSPS) is 23.1. The minimum Gasteiger partial charge on any atom is -0.396 e. The summed E-state index contributed by atoms with van der Waals surface area (Å²) in [6.45, 7) is 6.25. The first-order valence-corrected chi connectivity index (χ1v) is 7.72. The van der Waals surface area contributed by atoms with Gasteiger partial charge >= 0.3 is 0 Å². The fraction of sp³-hybridized carbons (Fsp3) is 1.00.